The lowest BCUT2D eigenvalue weighted by Gasteiger charge is -2.04. The van der Waals surface area contributed by atoms with Crippen LogP contribution in [0.1, 0.15) is 16.8 Å². The average molecular weight is 416 g/mol. The Balaban J connectivity index is 1.85. The van der Waals surface area contributed by atoms with Gasteiger partial charge in [-0.25, -0.2) is 4.99 Å². The van der Waals surface area contributed by atoms with E-state index in [-0.39, 0.29) is 0 Å². The van der Waals surface area contributed by atoms with Crippen LogP contribution in [0.4, 0.5) is 17.3 Å². The summed E-state index contributed by atoms with van der Waals surface area (Å²) in [7, 11) is 0. The molecule has 0 unspecified atom stereocenters. The molecule has 1 aromatic carbocycles. The van der Waals surface area contributed by atoms with Gasteiger partial charge in [0.25, 0.3) is 0 Å². The zero-order valence-corrected chi connectivity index (χ0v) is 14.2. The fraction of sp³-hybridized carbons (Fsp3) is 0.0625. The molecule has 0 radical (unpaired) electrons. The van der Waals surface area contributed by atoms with E-state index < -0.39 is 0 Å². The first-order chi connectivity index (χ1) is 11.3. The zero-order chi connectivity index (χ0) is 16.1. The van der Waals surface area contributed by atoms with Crippen molar-refractivity contribution in [3.63, 3.8) is 0 Å². The van der Waals surface area contributed by atoms with Crippen molar-refractivity contribution in [3.05, 3.63) is 59.4 Å². The summed E-state index contributed by atoms with van der Waals surface area (Å²) in [4.78, 5) is 7.30. The highest BCUT2D eigenvalue weighted by atomic mass is 127. The van der Waals surface area contributed by atoms with Crippen molar-refractivity contribution in [2.75, 3.05) is 5.32 Å². The van der Waals surface area contributed by atoms with Crippen molar-refractivity contribution in [3.8, 4) is 6.07 Å². The first-order valence-corrected chi connectivity index (χ1v) is 8.40. The fourth-order valence-corrected chi connectivity index (χ4v) is 2.52. The van der Waals surface area contributed by atoms with Crippen LogP contribution in [0.5, 0.6) is 0 Å². The van der Waals surface area contributed by atoms with Gasteiger partial charge in [0.15, 0.2) is 11.6 Å². The molecule has 2 aromatic heterocycles. The molecule has 2 heterocycles. The van der Waals surface area contributed by atoms with Crippen molar-refractivity contribution in [1.82, 2.24) is 15.2 Å². The van der Waals surface area contributed by atoms with Crippen LogP contribution in [0.25, 0.3) is 0 Å². The van der Waals surface area contributed by atoms with Crippen LogP contribution in [-0.2, 0) is 4.43 Å². The minimum Gasteiger partial charge on any atom is -0.360 e. The number of hydrogen-bond donors (Lipinski definition) is 3. The topological polar surface area (TPSA) is 92.7 Å². The maximum absolute atomic E-state index is 9.39. The third-order valence-corrected chi connectivity index (χ3v) is 4.04. The Hall–Kier alpha value is -2.60. The third kappa shape index (κ3) is 3.60. The van der Waals surface area contributed by atoms with Gasteiger partial charge in [0, 0.05) is 16.3 Å². The lowest BCUT2D eigenvalue weighted by atomic mass is 10.2. The fourth-order valence-electron chi connectivity index (χ4n) is 2.05. The van der Waals surface area contributed by atoms with Crippen LogP contribution in [0, 0.1) is 11.3 Å². The molecule has 0 spiro atoms. The van der Waals surface area contributed by atoms with Gasteiger partial charge in [-0.2, -0.15) is 10.4 Å². The van der Waals surface area contributed by atoms with E-state index in [0.29, 0.717) is 17.2 Å². The van der Waals surface area contributed by atoms with Gasteiger partial charge in [0.2, 0.25) is 0 Å². The number of anilines is 2. The molecule has 0 fully saturated rings. The molecule has 0 saturated heterocycles. The largest absolute Gasteiger partial charge is 0.360 e. The Morgan fingerprint density at radius 3 is 3.00 bits per heavy atom. The number of aromatic nitrogens is 3. The number of nitrogens with zero attached hydrogens (tertiary/aromatic N) is 3. The summed E-state index contributed by atoms with van der Waals surface area (Å²) in [6.07, 6.45) is 3.46. The van der Waals surface area contributed by atoms with Gasteiger partial charge in [-0.05, 0) is 29.8 Å². The normalized spacial score (nSPS) is 10.8. The predicted molar refractivity (Wildman–Crippen MR) is 98.8 cm³/mol. The van der Waals surface area contributed by atoms with Crippen LogP contribution in [-0.4, -0.2) is 21.4 Å². The molecule has 0 amide bonds. The Labute approximate surface area is 146 Å². The molecular weight excluding hydrogens is 403 g/mol. The molecule has 0 atom stereocenters. The highest BCUT2D eigenvalue weighted by Gasteiger charge is 2.12. The second-order valence-electron chi connectivity index (χ2n) is 4.75. The van der Waals surface area contributed by atoms with Crippen molar-refractivity contribution < 1.29 is 0 Å². The van der Waals surface area contributed by atoms with E-state index >= 15 is 0 Å². The standard InChI is InChI=1S/C16H13IN6/c17-8-11-3-1-4-12(7-11)21-16-14(9-18)15(22-23-16)20-10-13-5-2-6-19-13/h1-7,10,19H,8H2,(H2,21,22,23)/b20-10+. The number of nitriles is 1. The number of aliphatic imine (C=N–C) groups is 1. The molecule has 0 aliphatic rings. The predicted octanol–water partition coefficient (Wildman–Crippen LogP) is 4.04. The summed E-state index contributed by atoms with van der Waals surface area (Å²) in [5, 5.41) is 19.5. The number of halogens is 1. The maximum Gasteiger partial charge on any atom is 0.172 e. The second-order valence-corrected chi connectivity index (χ2v) is 5.51. The minimum absolute atomic E-state index is 0.382. The van der Waals surface area contributed by atoms with Gasteiger partial charge in [0.1, 0.15) is 11.6 Å². The van der Waals surface area contributed by atoms with Crippen molar-refractivity contribution in [2.24, 2.45) is 4.99 Å². The van der Waals surface area contributed by atoms with Gasteiger partial charge in [0.05, 0.1) is 11.9 Å². The SMILES string of the molecule is N#Cc1c(Nc2cccc(CI)c2)n[nH]c1/N=C/c1ccc[nH]1. The molecule has 0 bridgehead atoms. The number of alkyl halides is 1. The number of hydrogen-bond acceptors (Lipinski definition) is 4. The molecule has 0 aliphatic heterocycles. The van der Waals surface area contributed by atoms with Gasteiger partial charge >= 0.3 is 0 Å². The number of benzene rings is 1. The molecule has 3 aromatic rings. The Morgan fingerprint density at radius 1 is 1.35 bits per heavy atom. The van der Waals surface area contributed by atoms with Crippen molar-refractivity contribution >= 4 is 46.1 Å². The van der Waals surface area contributed by atoms with Crippen molar-refractivity contribution in [1.29, 1.82) is 5.26 Å². The monoisotopic (exact) mass is 416 g/mol. The van der Waals surface area contributed by atoms with E-state index in [4.69, 9.17) is 0 Å². The maximum atomic E-state index is 9.39. The van der Waals surface area contributed by atoms with Crippen LogP contribution in [0.15, 0.2) is 47.6 Å². The second kappa shape index (κ2) is 7.11. The molecule has 7 heteroatoms. The number of nitrogens with one attached hydrogen (secondary N) is 3. The highest BCUT2D eigenvalue weighted by molar-refractivity contribution is 14.1. The van der Waals surface area contributed by atoms with E-state index in [2.05, 4.69) is 60.2 Å². The van der Waals surface area contributed by atoms with E-state index in [9.17, 15) is 5.26 Å². The number of H-pyrrole nitrogens is 2. The summed E-state index contributed by atoms with van der Waals surface area (Å²) >= 11 is 2.31. The van der Waals surface area contributed by atoms with Crippen LogP contribution >= 0.6 is 22.6 Å². The summed E-state index contributed by atoms with van der Waals surface area (Å²) in [5.41, 5.74) is 3.33. The van der Waals surface area contributed by atoms with Crippen LogP contribution in [0.3, 0.4) is 0 Å². The molecule has 0 saturated carbocycles. The van der Waals surface area contributed by atoms with E-state index in [1.165, 1.54) is 5.56 Å². The van der Waals surface area contributed by atoms with Crippen molar-refractivity contribution in [2.45, 2.75) is 4.43 Å². The smallest absolute Gasteiger partial charge is 0.172 e. The van der Waals surface area contributed by atoms with Gasteiger partial charge in [-0.1, -0.05) is 34.7 Å². The van der Waals surface area contributed by atoms with E-state index in [1.807, 2.05) is 36.5 Å². The lowest BCUT2D eigenvalue weighted by molar-refractivity contribution is 1.09. The van der Waals surface area contributed by atoms with Gasteiger partial charge in [-0.3, -0.25) is 5.10 Å². The quantitative estimate of drug-likeness (QED) is 0.333. The number of rotatable bonds is 5. The lowest BCUT2D eigenvalue weighted by Crippen LogP contribution is -1.93. The summed E-state index contributed by atoms with van der Waals surface area (Å²) in [5.74, 6) is 0.895. The molecule has 6 nitrogen and oxygen atoms in total. The Kier molecular flexibility index (Phi) is 4.73. The minimum atomic E-state index is 0.382. The Morgan fingerprint density at radius 2 is 2.26 bits per heavy atom. The van der Waals surface area contributed by atoms with Crippen LogP contribution < -0.4 is 5.32 Å². The first kappa shape index (κ1) is 15.3. The summed E-state index contributed by atoms with van der Waals surface area (Å²) < 4.78 is 0.921. The zero-order valence-electron chi connectivity index (χ0n) is 12.0. The van der Waals surface area contributed by atoms with Gasteiger partial charge in [-0.15, -0.1) is 0 Å². The Bertz CT molecular complexity index is 857. The molecule has 114 valence electrons. The van der Waals surface area contributed by atoms with E-state index in [1.54, 1.807) is 6.21 Å². The average Bonchev–Trinajstić information content (AvgIpc) is 3.22. The molecule has 3 rings (SSSR count). The van der Waals surface area contributed by atoms with Crippen LogP contribution in [0.2, 0.25) is 0 Å². The molecule has 23 heavy (non-hydrogen) atoms. The highest BCUT2D eigenvalue weighted by Crippen LogP contribution is 2.26. The summed E-state index contributed by atoms with van der Waals surface area (Å²) in [6.45, 7) is 0. The first-order valence-electron chi connectivity index (χ1n) is 6.88. The number of aromatic amines is 2. The molecule has 0 aliphatic carbocycles. The molecule has 3 N–H and O–H groups in total. The van der Waals surface area contributed by atoms with Gasteiger partial charge < -0.3 is 10.3 Å². The third-order valence-electron chi connectivity index (χ3n) is 3.16. The summed E-state index contributed by atoms with van der Waals surface area (Å²) in [6, 6.07) is 13.9. The van der Waals surface area contributed by atoms with E-state index in [0.717, 1.165) is 15.8 Å². The molecular formula is C16H13IN6.